The van der Waals surface area contributed by atoms with E-state index < -0.39 is 0 Å². The second kappa shape index (κ2) is 6.30. The Balaban J connectivity index is 2.09. The molecule has 2 heterocycles. The summed E-state index contributed by atoms with van der Waals surface area (Å²) in [5.41, 5.74) is 6.12. The first-order chi connectivity index (χ1) is 8.63. The van der Waals surface area contributed by atoms with Gasteiger partial charge >= 0.3 is 0 Å². The van der Waals surface area contributed by atoms with E-state index >= 15 is 0 Å². The van der Waals surface area contributed by atoms with Gasteiger partial charge in [-0.15, -0.1) is 11.8 Å². The summed E-state index contributed by atoms with van der Waals surface area (Å²) in [6.45, 7) is 6.46. The lowest BCUT2D eigenvalue weighted by atomic mass is 10.0. The highest BCUT2D eigenvalue weighted by Gasteiger charge is 2.29. The molecule has 4 atom stereocenters. The van der Waals surface area contributed by atoms with Gasteiger partial charge in [-0.1, -0.05) is 32.3 Å². The first-order valence-electron chi connectivity index (χ1n) is 6.45. The molecule has 0 aromatic carbocycles. The van der Waals surface area contributed by atoms with Crippen LogP contribution in [0.2, 0.25) is 0 Å². The summed E-state index contributed by atoms with van der Waals surface area (Å²) in [7, 11) is 0. The molecule has 0 saturated carbocycles. The number of aromatic nitrogens is 2. The summed E-state index contributed by atoms with van der Waals surface area (Å²) in [6, 6.07) is -0.146. The lowest BCUT2D eigenvalue weighted by Crippen LogP contribution is -2.20. The molecule has 2 rings (SSSR count). The molecule has 0 spiro atoms. The Hall–Kier alpha value is -0.200. The summed E-state index contributed by atoms with van der Waals surface area (Å²) >= 11 is 3.89. The molecule has 102 valence electrons. The Morgan fingerprint density at radius 3 is 2.83 bits per heavy atom. The van der Waals surface area contributed by atoms with E-state index in [1.807, 2.05) is 23.5 Å². The van der Waals surface area contributed by atoms with Crippen molar-refractivity contribution in [3.8, 4) is 0 Å². The number of thioether (sulfide) groups is 2. The number of hydrogen-bond donors (Lipinski definition) is 1. The van der Waals surface area contributed by atoms with Crippen LogP contribution in [-0.4, -0.2) is 26.9 Å². The van der Waals surface area contributed by atoms with E-state index in [9.17, 15) is 0 Å². The van der Waals surface area contributed by atoms with Gasteiger partial charge in [0.25, 0.3) is 0 Å². The van der Waals surface area contributed by atoms with Crippen molar-refractivity contribution in [1.82, 2.24) is 10.1 Å². The van der Waals surface area contributed by atoms with Crippen LogP contribution >= 0.6 is 23.5 Å². The Kier molecular flexibility index (Phi) is 4.98. The van der Waals surface area contributed by atoms with Gasteiger partial charge in [0.1, 0.15) is 0 Å². The molecule has 18 heavy (non-hydrogen) atoms. The van der Waals surface area contributed by atoms with Gasteiger partial charge in [-0.3, -0.25) is 0 Å². The SMILES string of the molecule is CCC(C)[C@H](N)c1nc(C2SCCSC2C)no1. The standard InChI is InChI=1S/C12H21N3OS2/c1-4-7(2)9(13)12-14-11(15-16-12)10-8(3)17-5-6-18-10/h7-10H,4-6,13H2,1-3H3/t7?,8?,9-,10?/m0/s1. The normalized spacial score (nSPS) is 28.0. The molecule has 6 heteroatoms. The van der Waals surface area contributed by atoms with Crippen LogP contribution < -0.4 is 5.73 Å². The maximum atomic E-state index is 6.12. The van der Waals surface area contributed by atoms with Crippen LogP contribution in [0, 0.1) is 5.92 Å². The van der Waals surface area contributed by atoms with Gasteiger partial charge in [-0.2, -0.15) is 16.7 Å². The molecule has 3 unspecified atom stereocenters. The van der Waals surface area contributed by atoms with E-state index in [4.69, 9.17) is 10.3 Å². The van der Waals surface area contributed by atoms with Crippen molar-refractivity contribution in [3.63, 3.8) is 0 Å². The zero-order valence-electron chi connectivity index (χ0n) is 11.1. The van der Waals surface area contributed by atoms with Crippen LogP contribution in [0.25, 0.3) is 0 Å². The van der Waals surface area contributed by atoms with Crippen LogP contribution in [0.3, 0.4) is 0 Å². The van der Waals surface area contributed by atoms with Gasteiger partial charge < -0.3 is 10.3 Å². The van der Waals surface area contributed by atoms with E-state index in [0.717, 1.165) is 18.0 Å². The van der Waals surface area contributed by atoms with Crippen LogP contribution in [0.1, 0.15) is 50.2 Å². The summed E-state index contributed by atoms with van der Waals surface area (Å²) in [5.74, 6) is 4.13. The number of rotatable bonds is 4. The van der Waals surface area contributed by atoms with E-state index in [1.165, 1.54) is 5.75 Å². The topological polar surface area (TPSA) is 64.9 Å². The van der Waals surface area contributed by atoms with Crippen LogP contribution in [-0.2, 0) is 0 Å². The molecule has 1 aromatic heterocycles. The van der Waals surface area contributed by atoms with Gasteiger partial charge in [-0.25, -0.2) is 0 Å². The Bertz CT molecular complexity index is 385. The highest BCUT2D eigenvalue weighted by Crippen LogP contribution is 2.41. The smallest absolute Gasteiger partial charge is 0.243 e. The zero-order valence-corrected chi connectivity index (χ0v) is 12.8. The molecule has 4 nitrogen and oxygen atoms in total. The number of hydrogen-bond acceptors (Lipinski definition) is 6. The predicted molar refractivity (Wildman–Crippen MR) is 77.8 cm³/mol. The third kappa shape index (κ3) is 3.03. The van der Waals surface area contributed by atoms with Gasteiger partial charge in [0.05, 0.1) is 11.3 Å². The minimum Gasteiger partial charge on any atom is -0.338 e. The van der Waals surface area contributed by atoms with E-state index in [-0.39, 0.29) is 6.04 Å². The Morgan fingerprint density at radius 1 is 1.44 bits per heavy atom. The molecule has 1 fully saturated rings. The molecular weight excluding hydrogens is 266 g/mol. The largest absolute Gasteiger partial charge is 0.338 e. The predicted octanol–water partition coefficient (Wildman–Crippen LogP) is 3.03. The molecule has 0 amide bonds. The van der Waals surface area contributed by atoms with Gasteiger partial charge in [0.2, 0.25) is 5.89 Å². The maximum Gasteiger partial charge on any atom is 0.243 e. The molecule has 1 aliphatic rings. The Labute approximate surface area is 117 Å². The third-order valence-electron chi connectivity index (χ3n) is 3.44. The number of nitrogens with two attached hydrogens (primary N) is 1. The van der Waals surface area contributed by atoms with E-state index in [1.54, 1.807) is 0 Å². The molecule has 0 radical (unpaired) electrons. The molecule has 1 aromatic rings. The minimum absolute atomic E-state index is 0.146. The van der Waals surface area contributed by atoms with Crippen molar-refractivity contribution in [2.45, 2.75) is 43.7 Å². The monoisotopic (exact) mass is 287 g/mol. The van der Waals surface area contributed by atoms with Gasteiger partial charge in [-0.05, 0) is 5.92 Å². The minimum atomic E-state index is -0.146. The van der Waals surface area contributed by atoms with Crippen LogP contribution in [0.15, 0.2) is 4.52 Å². The summed E-state index contributed by atoms with van der Waals surface area (Å²) in [5, 5.41) is 5.00. The summed E-state index contributed by atoms with van der Waals surface area (Å²) < 4.78 is 5.34. The fourth-order valence-electron chi connectivity index (χ4n) is 1.91. The maximum absolute atomic E-state index is 6.12. The first-order valence-corrected chi connectivity index (χ1v) is 8.55. The second-order valence-corrected chi connectivity index (χ2v) is 7.50. The van der Waals surface area contributed by atoms with E-state index in [0.29, 0.717) is 22.3 Å². The lowest BCUT2D eigenvalue weighted by molar-refractivity contribution is 0.310. The summed E-state index contributed by atoms with van der Waals surface area (Å²) in [4.78, 5) is 4.52. The zero-order chi connectivity index (χ0) is 13.1. The fraction of sp³-hybridized carbons (Fsp3) is 0.833. The molecule has 1 aliphatic heterocycles. The van der Waals surface area contributed by atoms with E-state index in [2.05, 4.69) is 30.9 Å². The average Bonchev–Trinajstić information content (AvgIpc) is 2.87. The quantitative estimate of drug-likeness (QED) is 0.918. The highest BCUT2D eigenvalue weighted by atomic mass is 32.2. The van der Waals surface area contributed by atoms with Gasteiger partial charge in [0, 0.05) is 16.8 Å². The van der Waals surface area contributed by atoms with Crippen molar-refractivity contribution < 1.29 is 4.52 Å². The highest BCUT2D eigenvalue weighted by molar-refractivity contribution is 8.06. The second-order valence-electron chi connectivity index (χ2n) is 4.77. The molecule has 0 bridgehead atoms. The van der Waals surface area contributed by atoms with Gasteiger partial charge in [0.15, 0.2) is 5.82 Å². The molecule has 0 aliphatic carbocycles. The van der Waals surface area contributed by atoms with Crippen molar-refractivity contribution in [3.05, 3.63) is 11.7 Å². The fourth-order valence-corrected chi connectivity index (χ4v) is 4.59. The van der Waals surface area contributed by atoms with Crippen molar-refractivity contribution >= 4 is 23.5 Å². The first kappa shape index (κ1) is 14.2. The van der Waals surface area contributed by atoms with Crippen LogP contribution in [0.5, 0.6) is 0 Å². The van der Waals surface area contributed by atoms with Crippen molar-refractivity contribution in [2.75, 3.05) is 11.5 Å². The number of nitrogens with zero attached hydrogens (tertiary/aromatic N) is 2. The molecule has 1 saturated heterocycles. The third-order valence-corrected chi connectivity index (χ3v) is 6.53. The Morgan fingerprint density at radius 2 is 2.17 bits per heavy atom. The summed E-state index contributed by atoms with van der Waals surface area (Å²) in [6.07, 6.45) is 1.02. The van der Waals surface area contributed by atoms with Crippen molar-refractivity contribution in [1.29, 1.82) is 0 Å². The van der Waals surface area contributed by atoms with Crippen molar-refractivity contribution in [2.24, 2.45) is 11.7 Å². The molecular formula is C12H21N3OS2. The lowest BCUT2D eigenvalue weighted by Gasteiger charge is -2.24. The van der Waals surface area contributed by atoms with Crippen LogP contribution in [0.4, 0.5) is 0 Å². The average molecular weight is 287 g/mol. The molecule has 2 N–H and O–H groups in total.